The molecule has 0 amide bonds. The number of aryl methyl sites for hydroxylation is 1. The molecule has 0 bridgehead atoms. The van der Waals surface area contributed by atoms with Gasteiger partial charge in [-0.3, -0.25) is 4.79 Å². The van der Waals surface area contributed by atoms with Crippen LogP contribution in [0.15, 0.2) is 5.38 Å². The Kier molecular flexibility index (Phi) is 3.63. The summed E-state index contributed by atoms with van der Waals surface area (Å²) >= 11 is 1.55. The van der Waals surface area contributed by atoms with Crippen molar-refractivity contribution in [1.29, 1.82) is 0 Å². The van der Waals surface area contributed by atoms with Crippen LogP contribution in [0.2, 0.25) is 0 Å². The number of hydrogen-bond acceptors (Lipinski definition) is 5. The molecule has 2 rings (SSSR count). The molecule has 1 aliphatic rings. The third-order valence-electron chi connectivity index (χ3n) is 2.96. The third kappa shape index (κ3) is 2.42. The molecule has 1 aromatic rings. The summed E-state index contributed by atoms with van der Waals surface area (Å²) in [6.07, 6.45) is 0. The van der Waals surface area contributed by atoms with Crippen molar-refractivity contribution in [2.75, 3.05) is 24.7 Å². The normalized spacial score (nSPS) is 23.9. The molecule has 2 heterocycles. The summed E-state index contributed by atoms with van der Waals surface area (Å²) in [5.41, 5.74) is 0.967. The molecule has 2 atom stereocenters. The highest BCUT2D eigenvalue weighted by atomic mass is 32.1. The first-order valence-corrected chi connectivity index (χ1v) is 6.50. The van der Waals surface area contributed by atoms with Crippen LogP contribution in [-0.2, 0) is 9.53 Å². The number of carbonyl (C=O) groups is 1. The van der Waals surface area contributed by atoms with Crippen LogP contribution in [0, 0.1) is 12.8 Å². The van der Waals surface area contributed by atoms with Crippen molar-refractivity contribution >= 4 is 22.4 Å². The van der Waals surface area contributed by atoms with Crippen molar-refractivity contribution in [3.05, 3.63) is 11.1 Å². The zero-order valence-electron chi connectivity index (χ0n) is 9.92. The molecule has 0 radical (unpaired) electrons. The number of hydrogen-bond donors (Lipinski definition) is 1. The van der Waals surface area contributed by atoms with Gasteiger partial charge in [-0.2, -0.15) is 0 Å². The van der Waals surface area contributed by atoms with E-state index in [1.165, 1.54) is 0 Å². The smallest absolute Gasteiger partial charge is 0.311 e. The van der Waals surface area contributed by atoms with E-state index in [1.807, 2.05) is 24.1 Å². The van der Waals surface area contributed by atoms with Gasteiger partial charge in [0.15, 0.2) is 5.13 Å². The summed E-state index contributed by atoms with van der Waals surface area (Å²) in [4.78, 5) is 17.6. The fourth-order valence-corrected chi connectivity index (χ4v) is 3.00. The van der Waals surface area contributed by atoms with Crippen LogP contribution in [0.1, 0.15) is 12.6 Å². The zero-order chi connectivity index (χ0) is 12.4. The highest BCUT2D eigenvalue weighted by Gasteiger charge is 2.38. The van der Waals surface area contributed by atoms with E-state index in [-0.39, 0.29) is 6.04 Å². The summed E-state index contributed by atoms with van der Waals surface area (Å²) in [6, 6.07) is -0.108. The Bertz CT molecular complexity index is 407. The second-order valence-corrected chi connectivity index (χ2v) is 4.94. The van der Waals surface area contributed by atoms with Crippen molar-refractivity contribution < 1.29 is 14.6 Å². The van der Waals surface area contributed by atoms with Gasteiger partial charge in [-0.1, -0.05) is 0 Å². The lowest BCUT2D eigenvalue weighted by Crippen LogP contribution is -2.43. The number of aliphatic carboxylic acids is 1. The highest BCUT2D eigenvalue weighted by molar-refractivity contribution is 7.13. The SMILES string of the molecule is CCN(c1nc(C)cs1)C1COCC1C(=O)O. The van der Waals surface area contributed by atoms with E-state index in [1.54, 1.807) is 11.3 Å². The Morgan fingerprint density at radius 3 is 3.00 bits per heavy atom. The predicted octanol–water partition coefficient (Wildman–Crippen LogP) is 1.38. The molecule has 0 aliphatic carbocycles. The van der Waals surface area contributed by atoms with Crippen molar-refractivity contribution in [3.8, 4) is 0 Å². The molecule has 94 valence electrons. The molecule has 5 nitrogen and oxygen atoms in total. The first kappa shape index (κ1) is 12.3. The summed E-state index contributed by atoms with van der Waals surface area (Å²) in [6.45, 7) is 5.44. The number of aromatic nitrogens is 1. The number of nitrogens with zero attached hydrogens (tertiary/aromatic N) is 2. The van der Waals surface area contributed by atoms with Crippen LogP contribution in [0.25, 0.3) is 0 Å². The van der Waals surface area contributed by atoms with Crippen molar-refractivity contribution in [2.24, 2.45) is 5.92 Å². The van der Waals surface area contributed by atoms with Gasteiger partial charge in [0.1, 0.15) is 5.92 Å². The number of anilines is 1. The molecular weight excluding hydrogens is 240 g/mol. The zero-order valence-corrected chi connectivity index (χ0v) is 10.7. The van der Waals surface area contributed by atoms with Gasteiger partial charge in [0.2, 0.25) is 0 Å². The van der Waals surface area contributed by atoms with Crippen LogP contribution in [0.3, 0.4) is 0 Å². The maximum absolute atomic E-state index is 11.1. The lowest BCUT2D eigenvalue weighted by Gasteiger charge is -2.28. The first-order chi connectivity index (χ1) is 8.13. The van der Waals surface area contributed by atoms with Crippen molar-refractivity contribution in [3.63, 3.8) is 0 Å². The lowest BCUT2D eigenvalue weighted by atomic mass is 10.0. The van der Waals surface area contributed by atoms with E-state index < -0.39 is 11.9 Å². The Morgan fingerprint density at radius 2 is 2.47 bits per heavy atom. The second kappa shape index (κ2) is 5.01. The van der Waals surface area contributed by atoms with Crippen LogP contribution >= 0.6 is 11.3 Å². The first-order valence-electron chi connectivity index (χ1n) is 5.62. The quantitative estimate of drug-likeness (QED) is 0.881. The molecule has 0 spiro atoms. The highest BCUT2D eigenvalue weighted by Crippen LogP contribution is 2.28. The molecule has 1 aromatic heterocycles. The number of ether oxygens (including phenoxy) is 1. The molecule has 0 aromatic carbocycles. The van der Waals surface area contributed by atoms with Crippen LogP contribution in [0.5, 0.6) is 0 Å². The minimum atomic E-state index is -0.792. The van der Waals surface area contributed by atoms with Crippen LogP contribution in [0.4, 0.5) is 5.13 Å². The summed E-state index contributed by atoms with van der Waals surface area (Å²) in [5.74, 6) is -1.25. The Hall–Kier alpha value is -1.14. The van der Waals surface area contributed by atoms with Gasteiger partial charge < -0.3 is 14.7 Å². The Balaban J connectivity index is 2.20. The summed E-state index contributed by atoms with van der Waals surface area (Å²) < 4.78 is 5.30. The number of rotatable bonds is 4. The van der Waals surface area contributed by atoms with E-state index >= 15 is 0 Å². The average molecular weight is 256 g/mol. The maximum atomic E-state index is 11.1. The monoisotopic (exact) mass is 256 g/mol. The molecule has 6 heteroatoms. The van der Waals surface area contributed by atoms with Crippen LogP contribution < -0.4 is 4.90 Å². The minimum absolute atomic E-state index is 0.108. The molecular formula is C11H16N2O3S. The van der Waals surface area contributed by atoms with Crippen LogP contribution in [-0.4, -0.2) is 41.9 Å². The van der Waals surface area contributed by atoms with Gasteiger partial charge in [0.05, 0.1) is 24.9 Å². The lowest BCUT2D eigenvalue weighted by molar-refractivity contribution is -0.141. The van der Waals surface area contributed by atoms with Crippen molar-refractivity contribution in [2.45, 2.75) is 19.9 Å². The van der Waals surface area contributed by atoms with E-state index in [4.69, 9.17) is 9.84 Å². The Morgan fingerprint density at radius 1 is 1.71 bits per heavy atom. The average Bonchev–Trinajstić information content (AvgIpc) is 2.89. The van der Waals surface area contributed by atoms with Gasteiger partial charge in [0.25, 0.3) is 0 Å². The van der Waals surface area contributed by atoms with E-state index in [2.05, 4.69) is 4.98 Å². The summed E-state index contributed by atoms with van der Waals surface area (Å²) in [7, 11) is 0. The van der Waals surface area contributed by atoms with Gasteiger partial charge in [-0.25, -0.2) is 4.98 Å². The number of carboxylic acid groups (broad SMARTS) is 1. The minimum Gasteiger partial charge on any atom is -0.481 e. The molecule has 2 unspecified atom stereocenters. The van der Waals surface area contributed by atoms with E-state index in [0.717, 1.165) is 17.4 Å². The molecule has 0 saturated carbocycles. The summed E-state index contributed by atoms with van der Waals surface area (Å²) in [5, 5.41) is 12.0. The second-order valence-electron chi connectivity index (χ2n) is 4.11. The largest absolute Gasteiger partial charge is 0.481 e. The molecule has 1 aliphatic heterocycles. The maximum Gasteiger partial charge on any atom is 0.311 e. The fraction of sp³-hybridized carbons (Fsp3) is 0.636. The van der Waals surface area contributed by atoms with Gasteiger partial charge >= 0.3 is 5.97 Å². The fourth-order valence-electron chi connectivity index (χ4n) is 2.07. The number of carboxylic acids is 1. The molecule has 17 heavy (non-hydrogen) atoms. The molecule has 1 N–H and O–H groups in total. The van der Waals surface area contributed by atoms with E-state index in [9.17, 15) is 4.79 Å². The topological polar surface area (TPSA) is 62.7 Å². The Labute approximate surface area is 104 Å². The van der Waals surface area contributed by atoms with Crippen molar-refractivity contribution in [1.82, 2.24) is 4.98 Å². The molecule has 1 saturated heterocycles. The van der Waals surface area contributed by atoms with Gasteiger partial charge in [-0.05, 0) is 13.8 Å². The standard InChI is InChI=1S/C11H16N2O3S/c1-3-13(11-12-7(2)6-17-11)9-5-16-4-8(9)10(14)15/h6,8-9H,3-5H2,1-2H3,(H,14,15). The third-order valence-corrected chi connectivity index (χ3v) is 3.96. The van der Waals surface area contributed by atoms with Gasteiger partial charge in [-0.15, -0.1) is 11.3 Å². The predicted molar refractivity (Wildman–Crippen MR) is 65.6 cm³/mol. The van der Waals surface area contributed by atoms with E-state index in [0.29, 0.717) is 13.2 Å². The van der Waals surface area contributed by atoms with Gasteiger partial charge in [0, 0.05) is 11.9 Å². The number of thiazole rings is 1. The molecule has 1 fully saturated rings. The number of likely N-dealkylation sites (N-methyl/N-ethyl adjacent to an activating group) is 1.